The summed E-state index contributed by atoms with van der Waals surface area (Å²) in [5.41, 5.74) is 0. The summed E-state index contributed by atoms with van der Waals surface area (Å²) in [5, 5.41) is 6.50. The molecular weight excluding hydrogens is 140 g/mol. The van der Waals surface area contributed by atoms with Crippen molar-refractivity contribution in [2.75, 3.05) is 0 Å². The number of allylic oxidation sites excluding steroid dienone is 4. The number of halogens is 2. The van der Waals surface area contributed by atoms with Gasteiger partial charge >= 0.3 is 0 Å². The van der Waals surface area contributed by atoms with Gasteiger partial charge in [0.25, 0.3) is 0 Å². The van der Waals surface area contributed by atoms with E-state index in [1.54, 1.807) is 0 Å². The predicted molar refractivity (Wildman–Crippen MR) is 35.6 cm³/mol. The van der Waals surface area contributed by atoms with Gasteiger partial charge in [-0.05, 0) is 6.08 Å². The van der Waals surface area contributed by atoms with E-state index >= 15 is 0 Å². The Morgan fingerprint density at radius 2 is 1.80 bits per heavy atom. The molecule has 0 amide bonds. The lowest BCUT2D eigenvalue weighted by Gasteiger charge is -1.80. The maximum absolute atomic E-state index is 11.8. The highest BCUT2D eigenvalue weighted by Crippen LogP contribution is 2.02. The van der Waals surface area contributed by atoms with Crippen LogP contribution in [0.25, 0.3) is 0 Å². The van der Waals surface area contributed by atoms with Crippen LogP contribution < -0.4 is 5.90 Å². The van der Waals surface area contributed by atoms with Crippen LogP contribution in [0.1, 0.15) is 0 Å². The molecule has 0 aliphatic carbocycles. The van der Waals surface area contributed by atoms with Crippen molar-refractivity contribution in [1.29, 1.82) is 0 Å². The molecule has 58 valence electrons. The Morgan fingerprint density at radius 3 is 1.90 bits per heavy atom. The molecule has 0 spiro atoms. The van der Waals surface area contributed by atoms with Gasteiger partial charge in [-0.2, -0.15) is 0 Å². The predicted octanol–water partition coefficient (Wildman–Crippen LogP) is 1.84. The van der Waals surface area contributed by atoms with Crippen LogP contribution in [0.15, 0.2) is 37.0 Å². The third-order valence-corrected chi connectivity index (χ3v) is 0.490. The highest BCUT2D eigenvalue weighted by atomic mass is 19.1. The molecule has 0 aromatic rings. The van der Waals surface area contributed by atoms with Crippen molar-refractivity contribution in [2.24, 2.45) is 5.90 Å². The summed E-state index contributed by atoms with van der Waals surface area (Å²) in [6.07, 6.45) is 1.57. The molecule has 0 fully saturated rings. The average Bonchev–Trinajstić information content (AvgIpc) is 1.91. The summed E-state index contributed by atoms with van der Waals surface area (Å²) in [4.78, 5) is 0. The molecule has 0 unspecified atom stereocenters. The lowest BCUT2D eigenvalue weighted by Crippen LogP contribution is -1.72. The highest BCUT2D eigenvalue weighted by molar-refractivity contribution is 5.17. The number of nitrogens with two attached hydrogens (primary N) is 1. The van der Waals surface area contributed by atoms with Crippen molar-refractivity contribution in [3.8, 4) is 0 Å². The zero-order valence-corrected chi connectivity index (χ0v) is 5.35. The molecule has 0 saturated heterocycles. The largest absolute Gasteiger partial charge is 0.320 e. The smallest absolute Gasteiger partial charge is 0.125 e. The number of hydrogen-bond donors (Lipinski definition) is 2. The normalized spacial score (nSPS) is 9.40. The fourth-order valence-corrected chi connectivity index (χ4v) is 0.209. The molecule has 0 aliphatic heterocycles. The molecule has 4 heteroatoms. The standard InChI is InChI=1S/C6H6F2.H3NO/c1-3-6(8)4-5(2)7;1-2/h3-4H,1-2H2;2H,1H2/b6-4+;. The minimum absolute atomic E-state index is 0.660. The van der Waals surface area contributed by atoms with Gasteiger partial charge in [0.2, 0.25) is 0 Å². The molecular formula is C6H9F2NO. The van der Waals surface area contributed by atoms with Gasteiger partial charge in [0, 0.05) is 6.08 Å². The fraction of sp³-hybridized carbons (Fsp3) is 0. The topological polar surface area (TPSA) is 46.2 Å². The van der Waals surface area contributed by atoms with Crippen molar-refractivity contribution in [1.82, 2.24) is 0 Å². The van der Waals surface area contributed by atoms with Gasteiger partial charge in [0.1, 0.15) is 11.7 Å². The zero-order chi connectivity index (χ0) is 8.57. The van der Waals surface area contributed by atoms with Gasteiger partial charge in [-0.1, -0.05) is 13.2 Å². The number of hydrogen-bond acceptors (Lipinski definition) is 2. The fourth-order valence-electron chi connectivity index (χ4n) is 0.209. The Hall–Kier alpha value is -1.00. The van der Waals surface area contributed by atoms with Crippen molar-refractivity contribution < 1.29 is 14.0 Å². The van der Waals surface area contributed by atoms with E-state index in [9.17, 15) is 8.78 Å². The van der Waals surface area contributed by atoms with E-state index in [1.807, 2.05) is 0 Å². The van der Waals surface area contributed by atoms with Crippen molar-refractivity contribution in [2.45, 2.75) is 0 Å². The molecule has 0 bridgehead atoms. The minimum Gasteiger partial charge on any atom is -0.320 e. The molecule has 10 heavy (non-hydrogen) atoms. The third kappa shape index (κ3) is 10.1. The van der Waals surface area contributed by atoms with Crippen molar-refractivity contribution in [3.05, 3.63) is 37.0 Å². The highest BCUT2D eigenvalue weighted by Gasteiger charge is 1.85. The maximum Gasteiger partial charge on any atom is 0.125 e. The molecule has 0 rings (SSSR count). The Kier molecular flexibility index (Phi) is 9.40. The van der Waals surface area contributed by atoms with Gasteiger partial charge in [0.15, 0.2) is 0 Å². The van der Waals surface area contributed by atoms with Gasteiger partial charge < -0.3 is 5.21 Å². The zero-order valence-electron chi connectivity index (χ0n) is 5.35. The maximum atomic E-state index is 11.8. The Labute approximate surface area is 57.9 Å². The lowest BCUT2D eigenvalue weighted by molar-refractivity contribution is 0.311. The molecule has 0 aromatic carbocycles. The SMILES string of the molecule is C=C/C(F)=C\C(=C)F.NO. The summed E-state index contributed by atoms with van der Waals surface area (Å²) in [7, 11) is 0. The van der Waals surface area contributed by atoms with Crippen LogP contribution >= 0.6 is 0 Å². The molecule has 0 aliphatic rings. The van der Waals surface area contributed by atoms with Crippen LogP contribution in [0.2, 0.25) is 0 Å². The van der Waals surface area contributed by atoms with E-state index < -0.39 is 11.7 Å². The van der Waals surface area contributed by atoms with E-state index in [0.717, 1.165) is 6.08 Å². The van der Waals surface area contributed by atoms with Crippen molar-refractivity contribution >= 4 is 0 Å². The second-order valence-corrected chi connectivity index (χ2v) is 1.18. The first kappa shape index (κ1) is 11.8. The lowest BCUT2D eigenvalue weighted by atomic mass is 10.4. The molecule has 0 radical (unpaired) electrons. The summed E-state index contributed by atoms with van der Waals surface area (Å²) in [5.74, 6) is 1.99. The molecule has 0 atom stereocenters. The second-order valence-electron chi connectivity index (χ2n) is 1.18. The van der Waals surface area contributed by atoms with E-state index in [-0.39, 0.29) is 0 Å². The van der Waals surface area contributed by atoms with E-state index in [0.29, 0.717) is 6.08 Å². The van der Waals surface area contributed by atoms with Gasteiger partial charge in [-0.3, -0.25) is 0 Å². The second kappa shape index (κ2) is 8.00. The molecule has 0 saturated carbocycles. The molecule has 0 aromatic heterocycles. The average molecular weight is 149 g/mol. The van der Waals surface area contributed by atoms with Gasteiger partial charge in [-0.25, -0.2) is 14.7 Å². The molecule has 3 N–H and O–H groups in total. The summed E-state index contributed by atoms with van der Waals surface area (Å²) < 4.78 is 23.4. The Morgan fingerprint density at radius 1 is 1.40 bits per heavy atom. The van der Waals surface area contributed by atoms with Gasteiger partial charge in [0.05, 0.1) is 0 Å². The van der Waals surface area contributed by atoms with E-state index in [2.05, 4.69) is 19.1 Å². The van der Waals surface area contributed by atoms with Crippen LogP contribution in [0.5, 0.6) is 0 Å². The third-order valence-electron chi connectivity index (χ3n) is 0.490. The summed E-state index contributed by atoms with van der Waals surface area (Å²) >= 11 is 0. The van der Waals surface area contributed by atoms with Gasteiger partial charge in [-0.15, -0.1) is 0 Å². The van der Waals surface area contributed by atoms with Crippen LogP contribution in [0.3, 0.4) is 0 Å². The molecule has 0 heterocycles. The van der Waals surface area contributed by atoms with Crippen LogP contribution in [-0.4, -0.2) is 5.21 Å². The van der Waals surface area contributed by atoms with E-state index in [1.165, 1.54) is 0 Å². The number of rotatable bonds is 2. The minimum atomic E-state index is -0.803. The quantitative estimate of drug-likeness (QED) is 0.464. The van der Waals surface area contributed by atoms with Crippen molar-refractivity contribution in [3.63, 3.8) is 0 Å². The van der Waals surface area contributed by atoms with Crippen LogP contribution in [0, 0.1) is 0 Å². The van der Waals surface area contributed by atoms with Crippen LogP contribution in [0.4, 0.5) is 8.78 Å². The Balaban J connectivity index is 0. The first-order chi connectivity index (χ1) is 4.66. The molecule has 2 nitrogen and oxygen atoms in total. The summed E-state index contributed by atoms with van der Waals surface area (Å²) in [6, 6.07) is 0. The monoisotopic (exact) mass is 149 g/mol. The first-order valence-corrected chi connectivity index (χ1v) is 2.26. The summed E-state index contributed by atoms with van der Waals surface area (Å²) in [6.45, 7) is 5.87. The Bertz CT molecular complexity index is 143. The first-order valence-electron chi connectivity index (χ1n) is 2.26. The van der Waals surface area contributed by atoms with Crippen LogP contribution in [-0.2, 0) is 0 Å². The van der Waals surface area contributed by atoms with E-state index in [4.69, 9.17) is 5.21 Å².